The van der Waals surface area contributed by atoms with Crippen molar-refractivity contribution >= 4 is 18.9 Å². The first-order valence-corrected chi connectivity index (χ1v) is 2.62. The SMILES string of the molecule is O=[C]CN(C[C]=O)C[C]=O. The van der Waals surface area contributed by atoms with Crippen LogP contribution in [0.2, 0.25) is 0 Å². The lowest BCUT2D eigenvalue weighted by Crippen LogP contribution is -2.29. The van der Waals surface area contributed by atoms with E-state index in [9.17, 15) is 14.4 Å². The molecule has 0 aliphatic rings. The molecule has 10 heavy (non-hydrogen) atoms. The monoisotopic (exact) mass is 140 g/mol. The van der Waals surface area contributed by atoms with Gasteiger partial charge in [-0.05, 0) is 0 Å². The van der Waals surface area contributed by atoms with Crippen LogP contribution in [0.3, 0.4) is 0 Å². The van der Waals surface area contributed by atoms with E-state index in [-0.39, 0.29) is 19.6 Å². The van der Waals surface area contributed by atoms with Gasteiger partial charge in [-0.2, -0.15) is 0 Å². The summed E-state index contributed by atoms with van der Waals surface area (Å²) in [7, 11) is 0. The molecule has 0 aliphatic heterocycles. The van der Waals surface area contributed by atoms with Gasteiger partial charge in [-0.25, -0.2) is 0 Å². The van der Waals surface area contributed by atoms with Crippen molar-refractivity contribution in [3.05, 3.63) is 0 Å². The molecule has 0 saturated carbocycles. The molecule has 0 bridgehead atoms. The van der Waals surface area contributed by atoms with Gasteiger partial charge in [-0.15, -0.1) is 0 Å². The third-order valence-electron chi connectivity index (χ3n) is 0.864. The van der Waals surface area contributed by atoms with E-state index in [1.165, 1.54) is 4.90 Å². The highest BCUT2D eigenvalue weighted by molar-refractivity contribution is 5.60. The van der Waals surface area contributed by atoms with Crippen LogP contribution < -0.4 is 0 Å². The molecular weight excluding hydrogens is 134 g/mol. The third-order valence-corrected chi connectivity index (χ3v) is 0.864. The van der Waals surface area contributed by atoms with Gasteiger partial charge in [-0.3, -0.25) is 19.3 Å². The van der Waals surface area contributed by atoms with E-state index in [1.807, 2.05) is 0 Å². The summed E-state index contributed by atoms with van der Waals surface area (Å²) in [4.78, 5) is 30.5. The number of hydrogen-bond acceptors (Lipinski definition) is 4. The molecule has 0 spiro atoms. The van der Waals surface area contributed by atoms with Crippen molar-refractivity contribution in [2.45, 2.75) is 0 Å². The van der Waals surface area contributed by atoms with Gasteiger partial charge in [0.15, 0.2) is 0 Å². The van der Waals surface area contributed by atoms with Crippen LogP contribution in [0.15, 0.2) is 0 Å². The summed E-state index contributed by atoms with van der Waals surface area (Å²) in [5, 5.41) is 0. The summed E-state index contributed by atoms with van der Waals surface area (Å²) in [6.07, 6.45) is 4.67. The van der Waals surface area contributed by atoms with Gasteiger partial charge in [0.05, 0.1) is 19.6 Å². The maximum absolute atomic E-state index is 9.74. The summed E-state index contributed by atoms with van der Waals surface area (Å²) < 4.78 is 0. The molecule has 0 aromatic carbocycles. The number of carbonyl (C=O) groups excluding carboxylic acids is 3. The van der Waals surface area contributed by atoms with E-state index in [4.69, 9.17) is 0 Å². The van der Waals surface area contributed by atoms with Crippen molar-refractivity contribution < 1.29 is 14.4 Å². The molecule has 0 N–H and O–H groups in total. The van der Waals surface area contributed by atoms with Crippen molar-refractivity contribution in [2.75, 3.05) is 19.6 Å². The Morgan fingerprint density at radius 1 is 0.800 bits per heavy atom. The lowest BCUT2D eigenvalue weighted by Gasteiger charge is -2.09. The Morgan fingerprint density at radius 2 is 1.10 bits per heavy atom. The zero-order chi connectivity index (χ0) is 7.82. The molecule has 0 rings (SSSR count). The van der Waals surface area contributed by atoms with Crippen molar-refractivity contribution in [3.8, 4) is 0 Å². The van der Waals surface area contributed by atoms with Crippen LogP contribution in [-0.2, 0) is 14.4 Å². The van der Waals surface area contributed by atoms with Crippen LogP contribution in [0, 0.1) is 0 Å². The molecule has 4 nitrogen and oxygen atoms in total. The second-order valence-electron chi connectivity index (χ2n) is 1.58. The zero-order valence-corrected chi connectivity index (χ0v) is 5.29. The molecule has 53 valence electrons. The lowest BCUT2D eigenvalue weighted by molar-refractivity contribution is 0.376. The molecule has 0 aromatic heterocycles. The topological polar surface area (TPSA) is 54.5 Å². The first-order valence-electron chi connectivity index (χ1n) is 2.62. The molecule has 0 amide bonds. The highest BCUT2D eigenvalue weighted by Gasteiger charge is 2.01. The van der Waals surface area contributed by atoms with Crippen LogP contribution in [-0.4, -0.2) is 43.4 Å². The quantitative estimate of drug-likeness (QED) is 0.456. The Hall–Kier alpha value is -1.03. The van der Waals surface area contributed by atoms with Gasteiger partial charge < -0.3 is 0 Å². The summed E-state index contributed by atoms with van der Waals surface area (Å²) in [6, 6.07) is 0. The van der Waals surface area contributed by atoms with Gasteiger partial charge in [-0.1, -0.05) is 0 Å². The average molecular weight is 140 g/mol. The van der Waals surface area contributed by atoms with E-state index < -0.39 is 0 Å². The Labute approximate surface area is 58.8 Å². The highest BCUT2D eigenvalue weighted by Crippen LogP contribution is 1.79. The molecule has 0 unspecified atom stereocenters. The minimum absolute atomic E-state index is 0.0511. The second kappa shape index (κ2) is 6.10. The van der Waals surface area contributed by atoms with Gasteiger partial charge in [0.1, 0.15) is 0 Å². The standard InChI is InChI=1S/C6H6NO3/c8-4-1-7(2-5-9)3-6-10/h1-3H2. The molecule has 0 atom stereocenters. The fourth-order valence-electron chi connectivity index (χ4n) is 0.442. The van der Waals surface area contributed by atoms with Crippen molar-refractivity contribution in [1.29, 1.82) is 0 Å². The Kier molecular flexibility index (Phi) is 5.47. The summed E-state index contributed by atoms with van der Waals surface area (Å²) in [6.45, 7) is -0.153. The minimum atomic E-state index is -0.0511. The Balaban J connectivity index is 3.58. The Bertz CT molecular complexity index is 100. The molecule has 0 saturated heterocycles. The molecule has 0 aromatic rings. The molecule has 0 aliphatic carbocycles. The molecular formula is C6H6NO3. The van der Waals surface area contributed by atoms with Crippen molar-refractivity contribution in [3.63, 3.8) is 0 Å². The van der Waals surface area contributed by atoms with Crippen molar-refractivity contribution in [1.82, 2.24) is 4.90 Å². The number of nitrogens with zero attached hydrogens (tertiary/aromatic N) is 1. The van der Waals surface area contributed by atoms with Crippen LogP contribution in [0.25, 0.3) is 0 Å². The van der Waals surface area contributed by atoms with Gasteiger partial charge in [0.2, 0.25) is 18.9 Å². The predicted molar refractivity (Wildman–Crippen MR) is 33.5 cm³/mol. The molecule has 4 heteroatoms. The maximum Gasteiger partial charge on any atom is 0.213 e. The van der Waals surface area contributed by atoms with E-state index in [0.29, 0.717) is 0 Å². The van der Waals surface area contributed by atoms with Gasteiger partial charge in [0, 0.05) is 0 Å². The smallest absolute Gasteiger partial charge is 0.213 e. The van der Waals surface area contributed by atoms with E-state index in [1.54, 1.807) is 18.9 Å². The average Bonchev–Trinajstić information content (AvgIpc) is 1.90. The van der Waals surface area contributed by atoms with Crippen molar-refractivity contribution in [2.24, 2.45) is 0 Å². The van der Waals surface area contributed by atoms with Crippen LogP contribution in [0.5, 0.6) is 0 Å². The summed E-state index contributed by atoms with van der Waals surface area (Å²) in [5.74, 6) is 0. The molecule has 0 heterocycles. The fraction of sp³-hybridized carbons (Fsp3) is 0.500. The fourth-order valence-corrected chi connectivity index (χ4v) is 0.442. The summed E-state index contributed by atoms with van der Waals surface area (Å²) in [5.41, 5.74) is 0. The van der Waals surface area contributed by atoms with Crippen LogP contribution in [0.1, 0.15) is 0 Å². The second-order valence-corrected chi connectivity index (χ2v) is 1.58. The Morgan fingerprint density at radius 3 is 1.30 bits per heavy atom. The zero-order valence-electron chi connectivity index (χ0n) is 5.29. The largest absolute Gasteiger partial charge is 0.289 e. The van der Waals surface area contributed by atoms with E-state index in [2.05, 4.69) is 0 Å². The van der Waals surface area contributed by atoms with Gasteiger partial charge >= 0.3 is 0 Å². The maximum atomic E-state index is 9.74. The normalized spacial score (nSPS) is 9.30. The number of rotatable bonds is 6. The van der Waals surface area contributed by atoms with Crippen LogP contribution >= 0.6 is 0 Å². The van der Waals surface area contributed by atoms with E-state index in [0.717, 1.165) is 0 Å². The van der Waals surface area contributed by atoms with Gasteiger partial charge in [0.25, 0.3) is 0 Å². The first-order chi connectivity index (χ1) is 4.85. The van der Waals surface area contributed by atoms with E-state index >= 15 is 0 Å². The lowest BCUT2D eigenvalue weighted by atomic mass is 10.5. The first kappa shape index (κ1) is 8.97. The number of hydrogen-bond donors (Lipinski definition) is 0. The summed E-state index contributed by atoms with van der Waals surface area (Å²) >= 11 is 0. The third kappa shape index (κ3) is 3.91. The minimum Gasteiger partial charge on any atom is -0.289 e. The molecule has 3 radical (unpaired) electrons. The van der Waals surface area contributed by atoms with Crippen LogP contribution in [0.4, 0.5) is 0 Å². The predicted octanol–water partition coefficient (Wildman–Crippen LogP) is -1.38. The highest BCUT2D eigenvalue weighted by atomic mass is 16.1. The molecule has 0 fully saturated rings.